The van der Waals surface area contributed by atoms with Gasteiger partial charge in [-0.2, -0.15) is 0 Å². The van der Waals surface area contributed by atoms with Crippen LogP contribution < -0.4 is 21.7 Å². The van der Waals surface area contributed by atoms with Crippen LogP contribution in [0, 0.1) is 11.8 Å². The molecule has 0 fully saturated rings. The summed E-state index contributed by atoms with van der Waals surface area (Å²) in [6.07, 6.45) is 0. The van der Waals surface area contributed by atoms with Gasteiger partial charge in [0.05, 0.1) is 6.54 Å². The average Bonchev–Trinajstić information content (AvgIpc) is 2.46. The summed E-state index contributed by atoms with van der Waals surface area (Å²) < 4.78 is 0. The minimum Gasteiger partial charge on any atom is -0.480 e. The van der Waals surface area contributed by atoms with E-state index in [4.69, 9.17) is 10.8 Å². The summed E-state index contributed by atoms with van der Waals surface area (Å²) in [6, 6.07) is -1.74. The lowest BCUT2D eigenvalue weighted by Crippen LogP contribution is -2.57. The Hall–Kier alpha value is -2.16. The van der Waals surface area contributed by atoms with Crippen molar-refractivity contribution >= 4 is 23.7 Å². The van der Waals surface area contributed by atoms with Gasteiger partial charge in [-0.25, -0.2) is 0 Å². The molecule has 23 heavy (non-hydrogen) atoms. The van der Waals surface area contributed by atoms with Gasteiger partial charge in [-0.15, -0.1) is 0 Å². The van der Waals surface area contributed by atoms with Crippen molar-refractivity contribution in [3.8, 4) is 0 Å². The van der Waals surface area contributed by atoms with E-state index in [1.54, 1.807) is 27.7 Å². The SMILES string of the molecule is CC(C)C(NC(=O)CN)C(=O)NC(C(=O)NCC(=O)O)C(C)C. The Morgan fingerprint density at radius 1 is 0.913 bits per heavy atom. The molecule has 0 spiro atoms. The molecular weight excluding hydrogens is 304 g/mol. The summed E-state index contributed by atoms with van der Waals surface area (Å²) >= 11 is 0. The van der Waals surface area contributed by atoms with Gasteiger partial charge in [0.15, 0.2) is 0 Å². The van der Waals surface area contributed by atoms with E-state index < -0.39 is 42.3 Å². The topological polar surface area (TPSA) is 151 Å². The Morgan fingerprint density at radius 3 is 1.78 bits per heavy atom. The van der Waals surface area contributed by atoms with Crippen molar-refractivity contribution in [3.63, 3.8) is 0 Å². The van der Waals surface area contributed by atoms with E-state index in [2.05, 4.69) is 16.0 Å². The van der Waals surface area contributed by atoms with E-state index >= 15 is 0 Å². The minimum atomic E-state index is -1.18. The van der Waals surface area contributed by atoms with Crippen molar-refractivity contribution in [1.29, 1.82) is 0 Å². The molecule has 2 unspecified atom stereocenters. The number of nitrogens with two attached hydrogens (primary N) is 1. The van der Waals surface area contributed by atoms with Crippen molar-refractivity contribution in [1.82, 2.24) is 16.0 Å². The predicted molar refractivity (Wildman–Crippen MR) is 83.2 cm³/mol. The molecule has 0 heterocycles. The van der Waals surface area contributed by atoms with Gasteiger partial charge in [0, 0.05) is 0 Å². The molecule has 0 aliphatic rings. The summed E-state index contributed by atoms with van der Waals surface area (Å²) in [4.78, 5) is 46.2. The molecular formula is C14H26N4O5. The second kappa shape index (κ2) is 9.78. The quantitative estimate of drug-likeness (QED) is 0.344. The fourth-order valence-corrected chi connectivity index (χ4v) is 1.82. The maximum Gasteiger partial charge on any atom is 0.322 e. The third-order valence-electron chi connectivity index (χ3n) is 3.11. The van der Waals surface area contributed by atoms with E-state index in [0.29, 0.717) is 0 Å². The molecule has 0 aliphatic heterocycles. The van der Waals surface area contributed by atoms with Gasteiger partial charge in [-0.05, 0) is 11.8 Å². The van der Waals surface area contributed by atoms with Gasteiger partial charge in [0.1, 0.15) is 18.6 Å². The van der Waals surface area contributed by atoms with Crippen LogP contribution in [0.2, 0.25) is 0 Å². The Kier molecular flexibility index (Phi) is 8.86. The molecule has 0 aromatic rings. The summed E-state index contributed by atoms with van der Waals surface area (Å²) in [7, 11) is 0. The zero-order valence-electron chi connectivity index (χ0n) is 13.9. The first-order valence-electron chi connectivity index (χ1n) is 7.39. The number of nitrogens with one attached hydrogen (secondary N) is 3. The van der Waals surface area contributed by atoms with Crippen LogP contribution in [0.5, 0.6) is 0 Å². The number of carboxylic acid groups (broad SMARTS) is 1. The standard InChI is InChI=1S/C14H26N4O5/c1-7(2)11(13(22)16-6-10(20)21)18-14(23)12(8(3)4)17-9(19)5-15/h7-8,11-12H,5-6,15H2,1-4H3,(H,16,22)(H,17,19)(H,18,23)(H,20,21). The maximum absolute atomic E-state index is 12.3. The second-order valence-corrected chi connectivity index (χ2v) is 5.84. The Bertz CT molecular complexity index is 450. The molecule has 0 rings (SSSR count). The maximum atomic E-state index is 12.3. The highest BCUT2D eigenvalue weighted by atomic mass is 16.4. The molecule has 0 aromatic heterocycles. The second-order valence-electron chi connectivity index (χ2n) is 5.84. The van der Waals surface area contributed by atoms with Crippen LogP contribution in [0.1, 0.15) is 27.7 Å². The van der Waals surface area contributed by atoms with Crippen LogP contribution >= 0.6 is 0 Å². The molecule has 6 N–H and O–H groups in total. The molecule has 9 heteroatoms. The lowest BCUT2D eigenvalue weighted by molar-refractivity contribution is -0.139. The highest BCUT2D eigenvalue weighted by Crippen LogP contribution is 2.06. The number of hydrogen-bond donors (Lipinski definition) is 5. The van der Waals surface area contributed by atoms with Crippen LogP contribution in [-0.2, 0) is 19.2 Å². The summed E-state index contributed by atoms with van der Waals surface area (Å²) in [5.41, 5.74) is 5.22. The number of rotatable bonds is 9. The zero-order valence-corrected chi connectivity index (χ0v) is 13.9. The summed E-state index contributed by atoms with van der Waals surface area (Å²) in [6.45, 7) is 6.15. The van der Waals surface area contributed by atoms with E-state index in [1.165, 1.54) is 0 Å². The third kappa shape index (κ3) is 7.59. The van der Waals surface area contributed by atoms with Gasteiger partial charge in [-0.3, -0.25) is 19.2 Å². The van der Waals surface area contributed by atoms with Crippen molar-refractivity contribution in [2.75, 3.05) is 13.1 Å². The molecule has 0 saturated heterocycles. The van der Waals surface area contributed by atoms with Gasteiger partial charge in [0.25, 0.3) is 0 Å². The van der Waals surface area contributed by atoms with Crippen molar-refractivity contribution in [3.05, 3.63) is 0 Å². The number of carbonyl (C=O) groups excluding carboxylic acids is 3. The minimum absolute atomic E-state index is 0.208. The average molecular weight is 330 g/mol. The smallest absolute Gasteiger partial charge is 0.322 e. The number of aliphatic carboxylic acids is 1. The van der Waals surface area contributed by atoms with Crippen molar-refractivity contribution in [2.45, 2.75) is 39.8 Å². The lowest BCUT2D eigenvalue weighted by Gasteiger charge is -2.26. The van der Waals surface area contributed by atoms with Crippen LogP contribution in [0.25, 0.3) is 0 Å². The first-order valence-corrected chi connectivity index (χ1v) is 7.39. The first kappa shape index (κ1) is 20.8. The predicted octanol–water partition coefficient (Wildman–Crippen LogP) is -1.57. The van der Waals surface area contributed by atoms with Crippen molar-refractivity contribution in [2.24, 2.45) is 17.6 Å². The lowest BCUT2D eigenvalue weighted by atomic mass is 9.99. The van der Waals surface area contributed by atoms with Crippen LogP contribution in [0.3, 0.4) is 0 Å². The largest absolute Gasteiger partial charge is 0.480 e. The molecule has 0 radical (unpaired) electrons. The van der Waals surface area contributed by atoms with E-state index in [0.717, 1.165) is 0 Å². The molecule has 2 atom stereocenters. The van der Waals surface area contributed by atoms with E-state index in [-0.39, 0.29) is 18.4 Å². The highest BCUT2D eigenvalue weighted by Gasteiger charge is 2.30. The molecule has 0 bridgehead atoms. The molecule has 3 amide bonds. The molecule has 132 valence electrons. The fourth-order valence-electron chi connectivity index (χ4n) is 1.82. The van der Waals surface area contributed by atoms with Crippen LogP contribution in [0.4, 0.5) is 0 Å². The van der Waals surface area contributed by atoms with Crippen LogP contribution in [0.15, 0.2) is 0 Å². The molecule has 0 aromatic carbocycles. The van der Waals surface area contributed by atoms with Gasteiger partial charge in [0.2, 0.25) is 17.7 Å². The number of hydrogen-bond acceptors (Lipinski definition) is 5. The number of amides is 3. The van der Waals surface area contributed by atoms with E-state index in [9.17, 15) is 19.2 Å². The first-order chi connectivity index (χ1) is 10.6. The van der Waals surface area contributed by atoms with Crippen molar-refractivity contribution < 1.29 is 24.3 Å². The number of carbonyl (C=O) groups is 4. The van der Waals surface area contributed by atoms with Gasteiger partial charge in [-0.1, -0.05) is 27.7 Å². The van der Waals surface area contributed by atoms with Gasteiger partial charge >= 0.3 is 5.97 Å². The Balaban J connectivity index is 4.96. The zero-order chi connectivity index (χ0) is 18.2. The number of carboxylic acids is 1. The Labute approximate surface area is 135 Å². The van der Waals surface area contributed by atoms with Gasteiger partial charge < -0.3 is 26.8 Å². The fraction of sp³-hybridized carbons (Fsp3) is 0.714. The Morgan fingerprint density at radius 2 is 1.39 bits per heavy atom. The summed E-state index contributed by atoms with van der Waals surface area (Å²) in [5, 5.41) is 15.9. The summed E-state index contributed by atoms with van der Waals surface area (Å²) in [5.74, 6) is -3.24. The molecule has 0 saturated carbocycles. The molecule has 0 aliphatic carbocycles. The molecule has 9 nitrogen and oxygen atoms in total. The van der Waals surface area contributed by atoms with Crippen LogP contribution in [-0.4, -0.2) is 54.0 Å². The highest BCUT2D eigenvalue weighted by molar-refractivity contribution is 5.93. The van der Waals surface area contributed by atoms with E-state index in [1.807, 2.05) is 0 Å². The monoisotopic (exact) mass is 330 g/mol. The third-order valence-corrected chi connectivity index (χ3v) is 3.11. The normalized spacial score (nSPS) is 13.3.